The van der Waals surface area contributed by atoms with E-state index in [-0.39, 0.29) is 0 Å². The van der Waals surface area contributed by atoms with Crippen LogP contribution in [0.25, 0.3) is 0 Å². The number of aromatic nitrogens is 1. The number of pyridine rings is 1. The lowest BCUT2D eigenvalue weighted by molar-refractivity contribution is 0.112. The number of nitrogens with zero attached hydrogens (tertiary/aromatic N) is 3. The van der Waals surface area contributed by atoms with E-state index >= 15 is 0 Å². The zero-order valence-electron chi connectivity index (χ0n) is 14.1. The van der Waals surface area contributed by atoms with Gasteiger partial charge >= 0.3 is 0 Å². The van der Waals surface area contributed by atoms with Crippen molar-refractivity contribution in [3.05, 3.63) is 66.0 Å². The van der Waals surface area contributed by atoms with E-state index in [4.69, 9.17) is 0 Å². The summed E-state index contributed by atoms with van der Waals surface area (Å²) in [6.07, 6.45) is 7.58. The summed E-state index contributed by atoms with van der Waals surface area (Å²) in [7, 11) is 2.28. The fraction of sp³-hybridized carbons (Fsp3) is 0.450. The van der Waals surface area contributed by atoms with Crippen molar-refractivity contribution in [3.63, 3.8) is 0 Å². The van der Waals surface area contributed by atoms with Gasteiger partial charge in [-0.25, -0.2) is 0 Å². The molecule has 1 aliphatic rings. The topological polar surface area (TPSA) is 19.4 Å². The Morgan fingerprint density at radius 2 is 1.96 bits per heavy atom. The minimum absolute atomic E-state index is 0.670. The van der Waals surface area contributed by atoms with Gasteiger partial charge in [0.1, 0.15) is 0 Å². The number of rotatable bonds is 6. The molecule has 1 fully saturated rings. The molecule has 1 aliphatic heterocycles. The lowest BCUT2D eigenvalue weighted by atomic mass is 10.0. The summed E-state index contributed by atoms with van der Waals surface area (Å²) in [5, 5.41) is 0. The van der Waals surface area contributed by atoms with Crippen LogP contribution < -0.4 is 0 Å². The summed E-state index contributed by atoms with van der Waals surface area (Å²) in [4.78, 5) is 9.35. The third-order valence-corrected chi connectivity index (χ3v) is 4.83. The van der Waals surface area contributed by atoms with Gasteiger partial charge in [-0.2, -0.15) is 0 Å². The summed E-state index contributed by atoms with van der Waals surface area (Å²) in [6.45, 7) is 4.53. The van der Waals surface area contributed by atoms with Gasteiger partial charge in [-0.3, -0.25) is 9.88 Å². The van der Waals surface area contributed by atoms with Gasteiger partial charge < -0.3 is 4.90 Å². The van der Waals surface area contributed by atoms with Gasteiger partial charge in [0.2, 0.25) is 0 Å². The van der Waals surface area contributed by atoms with Gasteiger partial charge in [0.25, 0.3) is 0 Å². The van der Waals surface area contributed by atoms with Crippen LogP contribution in [-0.2, 0) is 13.0 Å². The van der Waals surface area contributed by atoms with E-state index < -0.39 is 0 Å². The van der Waals surface area contributed by atoms with Crippen molar-refractivity contribution < 1.29 is 0 Å². The molecule has 0 N–H and O–H groups in total. The molecule has 0 bridgehead atoms. The summed E-state index contributed by atoms with van der Waals surface area (Å²) in [5.41, 5.74) is 2.75. The molecule has 23 heavy (non-hydrogen) atoms. The monoisotopic (exact) mass is 309 g/mol. The van der Waals surface area contributed by atoms with E-state index in [0.717, 1.165) is 19.5 Å². The Morgan fingerprint density at radius 3 is 2.74 bits per heavy atom. The van der Waals surface area contributed by atoms with Crippen LogP contribution in [0.3, 0.4) is 0 Å². The zero-order valence-corrected chi connectivity index (χ0v) is 14.1. The predicted octanol–water partition coefficient (Wildman–Crippen LogP) is 3.22. The molecular formula is C20H27N3. The molecule has 3 heteroatoms. The maximum Gasteiger partial charge on any atom is 0.0312 e. The highest BCUT2D eigenvalue weighted by molar-refractivity contribution is 5.15. The van der Waals surface area contributed by atoms with Crippen molar-refractivity contribution >= 4 is 0 Å². The van der Waals surface area contributed by atoms with Crippen LogP contribution in [0.4, 0.5) is 0 Å². The van der Waals surface area contributed by atoms with Crippen LogP contribution in [0.2, 0.25) is 0 Å². The maximum absolute atomic E-state index is 4.23. The van der Waals surface area contributed by atoms with E-state index in [1.807, 2.05) is 18.5 Å². The Balaban J connectivity index is 1.49. The fourth-order valence-electron chi connectivity index (χ4n) is 3.42. The number of likely N-dealkylation sites (N-methyl/N-ethyl adjacent to an activating group) is 1. The van der Waals surface area contributed by atoms with Crippen molar-refractivity contribution in [2.24, 2.45) is 0 Å². The molecule has 3 nitrogen and oxygen atoms in total. The molecular weight excluding hydrogens is 282 g/mol. The maximum atomic E-state index is 4.23. The molecule has 0 radical (unpaired) electrons. The molecule has 0 unspecified atom stereocenters. The molecule has 2 aromatic rings. The van der Waals surface area contributed by atoms with Gasteiger partial charge in [0.05, 0.1) is 0 Å². The molecule has 1 aromatic heterocycles. The van der Waals surface area contributed by atoms with Crippen LogP contribution in [-0.4, -0.2) is 47.5 Å². The van der Waals surface area contributed by atoms with E-state index in [9.17, 15) is 0 Å². The van der Waals surface area contributed by atoms with Crippen LogP contribution in [0.1, 0.15) is 24.0 Å². The summed E-state index contributed by atoms with van der Waals surface area (Å²) in [5.74, 6) is 0. The molecule has 3 rings (SSSR count). The van der Waals surface area contributed by atoms with Crippen LogP contribution in [0.5, 0.6) is 0 Å². The number of hydrogen-bond acceptors (Lipinski definition) is 3. The van der Waals surface area contributed by atoms with Crippen molar-refractivity contribution in [2.75, 3.05) is 26.7 Å². The average molecular weight is 309 g/mol. The number of likely N-dealkylation sites (tertiary alicyclic amines) is 1. The molecule has 0 aliphatic carbocycles. The average Bonchev–Trinajstić information content (AvgIpc) is 2.62. The highest BCUT2D eigenvalue weighted by Crippen LogP contribution is 2.17. The highest BCUT2D eigenvalue weighted by Gasteiger charge is 2.23. The van der Waals surface area contributed by atoms with E-state index in [2.05, 4.69) is 58.2 Å². The molecule has 0 saturated carbocycles. The van der Waals surface area contributed by atoms with Crippen molar-refractivity contribution in [2.45, 2.75) is 31.8 Å². The molecule has 1 atom stereocenters. The Labute approximate surface area is 140 Å². The van der Waals surface area contributed by atoms with Crippen LogP contribution in [0, 0.1) is 0 Å². The van der Waals surface area contributed by atoms with Crippen molar-refractivity contribution in [1.82, 2.24) is 14.8 Å². The molecule has 2 heterocycles. The molecule has 0 amide bonds. The SMILES string of the molecule is CN(CCc1ccccc1)[C@@H]1CCCN(Cc2cccnc2)C1. The first kappa shape index (κ1) is 16.2. The minimum Gasteiger partial charge on any atom is -0.302 e. The third kappa shape index (κ3) is 4.88. The lowest BCUT2D eigenvalue weighted by Crippen LogP contribution is -2.46. The van der Waals surface area contributed by atoms with Gasteiger partial charge in [-0.1, -0.05) is 36.4 Å². The smallest absolute Gasteiger partial charge is 0.0312 e. The summed E-state index contributed by atoms with van der Waals surface area (Å²) >= 11 is 0. The second kappa shape index (κ2) is 8.23. The van der Waals surface area contributed by atoms with E-state index in [1.54, 1.807) is 0 Å². The molecule has 1 saturated heterocycles. The molecule has 0 spiro atoms. The van der Waals surface area contributed by atoms with E-state index in [0.29, 0.717) is 6.04 Å². The van der Waals surface area contributed by atoms with Crippen LogP contribution >= 0.6 is 0 Å². The second-order valence-corrected chi connectivity index (χ2v) is 6.61. The van der Waals surface area contributed by atoms with Gasteiger partial charge in [0.15, 0.2) is 0 Å². The fourth-order valence-corrected chi connectivity index (χ4v) is 3.42. The third-order valence-electron chi connectivity index (χ3n) is 4.83. The van der Waals surface area contributed by atoms with Gasteiger partial charge in [-0.05, 0) is 50.0 Å². The Hall–Kier alpha value is -1.71. The first-order valence-corrected chi connectivity index (χ1v) is 8.67. The lowest BCUT2D eigenvalue weighted by Gasteiger charge is -2.37. The van der Waals surface area contributed by atoms with E-state index in [1.165, 1.54) is 37.1 Å². The van der Waals surface area contributed by atoms with Crippen molar-refractivity contribution in [1.29, 1.82) is 0 Å². The highest BCUT2D eigenvalue weighted by atomic mass is 15.2. The summed E-state index contributed by atoms with van der Waals surface area (Å²) in [6, 6.07) is 15.7. The van der Waals surface area contributed by atoms with Crippen molar-refractivity contribution in [3.8, 4) is 0 Å². The van der Waals surface area contributed by atoms with Crippen LogP contribution in [0.15, 0.2) is 54.9 Å². The number of benzene rings is 1. The first-order chi connectivity index (χ1) is 11.3. The Kier molecular flexibility index (Phi) is 5.78. The molecule has 1 aromatic carbocycles. The number of piperidine rings is 1. The first-order valence-electron chi connectivity index (χ1n) is 8.67. The Bertz CT molecular complexity index is 570. The predicted molar refractivity (Wildman–Crippen MR) is 95.3 cm³/mol. The quantitative estimate of drug-likeness (QED) is 0.817. The van der Waals surface area contributed by atoms with Gasteiger partial charge in [-0.15, -0.1) is 0 Å². The number of hydrogen-bond donors (Lipinski definition) is 0. The summed E-state index contributed by atoms with van der Waals surface area (Å²) < 4.78 is 0. The second-order valence-electron chi connectivity index (χ2n) is 6.61. The zero-order chi connectivity index (χ0) is 15.9. The normalized spacial score (nSPS) is 19.1. The minimum atomic E-state index is 0.670. The Morgan fingerprint density at radius 1 is 1.13 bits per heavy atom. The largest absolute Gasteiger partial charge is 0.302 e. The standard InChI is InChI=1S/C20H27N3/c1-22(14-11-18-7-3-2-4-8-18)20-10-6-13-23(17-20)16-19-9-5-12-21-15-19/h2-5,7-9,12,15,20H,6,10-11,13-14,16-17H2,1H3/t20-/m1/s1. The molecule has 122 valence electrons. The van der Waals surface area contributed by atoms with Gasteiger partial charge in [0, 0.05) is 38.1 Å².